The minimum Gasteiger partial charge on any atom is -0.484 e. The molecule has 1 aromatic carbocycles. The highest BCUT2D eigenvalue weighted by Gasteiger charge is 2.51. The number of nitrogens with one attached hydrogen (secondary N) is 1. The van der Waals surface area contributed by atoms with E-state index in [1.165, 1.54) is 49.0 Å². The monoisotopic (exact) mass is 519 g/mol. The molecule has 37 heavy (non-hydrogen) atoms. The van der Waals surface area contributed by atoms with E-state index in [1.54, 1.807) is 0 Å². The maximum absolute atomic E-state index is 12.4. The highest BCUT2D eigenvalue weighted by atomic mass is 16.5. The van der Waals surface area contributed by atoms with Crippen LogP contribution in [0.1, 0.15) is 44.1 Å². The Hall–Kier alpha value is -2.69. The van der Waals surface area contributed by atoms with Crippen LogP contribution < -0.4 is 9.64 Å². The number of likely N-dealkylation sites (N-methyl/N-ethyl adjacent to an activating group) is 1. The molecule has 1 heterocycles. The zero-order chi connectivity index (χ0) is 26.7. The summed E-state index contributed by atoms with van der Waals surface area (Å²) in [6, 6.07) is 8.75. The molecule has 5 N–H and O–H groups in total. The van der Waals surface area contributed by atoms with Crippen molar-refractivity contribution in [3.8, 4) is 5.75 Å². The fourth-order valence-corrected chi connectivity index (χ4v) is 7.01. The van der Waals surface area contributed by atoms with Gasteiger partial charge in [0.1, 0.15) is 5.75 Å². The molecule has 1 aliphatic heterocycles. The number of hydrogen-bond donors (Lipinski definition) is 5. The van der Waals surface area contributed by atoms with Crippen molar-refractivity contribution >= 4 is 17.8 Å². The molecule has 1 aromatic rings. The maximum Gasteiger partial charge on any atom is 0.335 e. The minimum absolute atomic E-state index is 0.118. The predicted octanol–water partition coefficient (Wildman–Crippen LogP) is -0.232. The number of aliphatic hydroxyl groups excluding tert-OH is 2. The molecule has 204 valence electrons. The number of carbonyl (C=O) groups excluding carboxylic acids is 1. The summed E-state index contributed by atoms with van der Waals surface area (Å²) in [6.45, 7) is 3.92. The Labute approximate surface area is 216 Å². The molecule has 0 radical (unpaired) electrons. The number of ether oxygens (including phenoxy) is 1. The Morgan fingerprint density at radius 1 is 0.919 bits per heavy atom. The van der Waals surface area contributed by atoms with Gasteiger partial charge in [-0.05, 0) is 79.4 Å². The molecule has 4 aliphatic carbocycles. The van der Waals surface area contributed by atoms with E-state index in [9.17, 15) is 14.4 Å². The van der Waals surface area contributed by atoms with Gasteiger partial charge < -0.3 is 35.0 Å². The van der Waals surface area contributed by atoms with E-state index in [1.807, 2.05) is 4.90 Å². The molecular formula is C27H39N2O8+. The minimum atomic E-state index is -2.27. The Balaban J connectivity index is 0.000000275. The van der Waals surface area contributed by atoms with Crippen LogP contribution in [0, 0.1) is 17.8 Å². The van der Waals surface area contributed by atoms with E-state index in [-0.39, 0.29) is 12.5 Å². The van der Waals surface area contributed by atoms with Crippen LogP contribution in [0.15, 0.2) is 24.3 Å². The Kier molecular flexibility index (Phi) is 8.40. The molecule has 1 amide bonds. The first-order chi connectivity index (χ1) is 17.6. The molecule has 10 nitrogen and oxygen atoms in total. The third kappa shape index (κ3) is 6.42. The molecule has 5 fully saturated rings. The average Bonchev–Trinajstić information content (AvgIpc) is 2.86. The van der Waals surface area contributed by atoms with Crippen LogP contribution in [0.2, 0.25) is 0 Å². The molecule has 4 saturated carbocycles. The van der Waals surface area contributed by atoms with Gasteiger partial charge in [-0.15, -0.1) is 0 Å². The van der Waals surface area contributed by atoms with Gasteiger partial charge in [-0.1, -0.05) is 12.1 Å². The Morgan fingerprint density at radius 3 is 1.81 bits per heavy atom. The lowest BCUT2D eigenvalue weighted by atomic mass is 9.48. The summed E-state index contributed by atoms with van der Waals surface area (Å²) in [5.74, 6) is 0.315. The van der Waals surface area contributed by atoms with Gasteiger partial charge in [0.2, 0.25) is 0 Å². The first-order valence-electron chi connectivity index (χ1n) is 13.2. The van der Waals surface area contributed by atoms with Gasteiger partial charge in [0.05, 0.1) is 33.2 Å². The van der Waals surface area contributed by atoms with Crippen molar-refractivity contribution in [1.29, 1.82) is 0 Å². The number of carboxylic acid groups (broad SMARTS) is 2. The first kappa shape index (κ1) is 27.3. The number of amides is 1. The Bertz CT molecular complexity index is 920. The third-order valence-corrected chi connectivity index (χ3v) is 8.64. The third-order valence-electron chi connectivity index (χ3n) is 8.64. The zero-order valence-corrected chi connectivity index (χ0v) is 21.3. The van der Waals surface area contributed by atoms with Crippen molar-refractivity contribution in [3.63, 3.8) is 0 Å². The average molecular weight is 520 g/mol. The number of carbonyl (C=O) groups is 3. The van der Waals surface area contributed by atoms with Crippen LogP contribution in [0.5, 0.6) is 5.75 Å². The second-order valence-electron chi connectivity index (χ2n) is 11.4. The largest absolute Gasteiger partial charge is 0.484 e. The molecule has 4 bridgehead atoms. The topological polar surface area (TPSA) is 149 Å². The SMILES string of the molecule is C[NH+]1CCN(C(=O)COc2ccc(C34CC5CC(CC(C5)C3)C4)cc2)CC1.O=C(O)[C@H](O)[C@@H](O)C(=O)O. The molecule has 0 aromatic heterocycles. The number of piperazine rings is 1. The van der Waals surface area contributed by atoms with Gasteiger partial charge in [0.25, 0.3) is 5.91 Å². The zero-order valence-electron chi connectivity index (χ0n) is 21.3. The van der Waals surface area contributed by atoms with E-state index in [2.05, 4.69) is 31.3 Å². The number of quaternary nitrogens is 1. The number of carboxylic acids is 2. The lowest BCUT2D eigenvalue weighted by Crippen LogP contribution is -3.12. The summed E-state index contributed by atoms with van der Waals surface area (Å²) in [6.07, 6.45) is 4.09. The highest BCUT2D eigenvalue weighted by molar-refractivity contribution is 5.83. The van der Waals surface area contributed by atoms with E-state index in [4.69, 9.17) is 25.2 Å². The van der Waals surface area contributed by atoms with Crippen molar-refractivity contribution in [2.24, 2.45) is 17.8 Å². The van der Waals surface area contributed by atoms with Crippen molar-refractivity contribution < 1.29 is 44.4 Å². The predicted molar refractivity (Wildman–Crippen MR) is 132 cm³/mol. The highest BCUT2D eigenvalue weighted by Crippen LogP contribution is 2.60. The first-order valence-corrected chi connectivity index (χ1v) is 13.2. The van der Waals surface area contributed by atoms with E-state index in [0.29, 0.717) is 5.41 Å². The maximum atomic E-state index is 12.4. The van der Waals surface area contributed by atoms with Crippen molar-refractivity contribution in [1.82, 2.24) is 4.90 Å². The van der Waals surface area contributed by atoms with Gasteiger partial charge in [0.15, 0.2) is 18.8 Å². The fourth-order valence-electron chi connectivity index (χ4n) is 7.01. The number of hydrogen-bond acceptors (Lipinski definition) is 6. The van der Waals surface area contributed by atoms with Gasteiger partial charge in [-0.3, -0.25) is 4.79 Å². The number of rotatable bonds is 7. The van der Waals surface area contributed by atoms with Crippen LogP contribution in [-0.2, 0) is 19.8 Å². The summed E-state index contributed by atoms with van der Waals surface area (Å²) in [4.78, 5) is 35.4. The van der Waals surface area contributed by atoms with Crippen LogP contribution in [-0.4, -0.2) is 95.2 Å². The summed E-state index contributed by atoms with van der Waals surface area (Å²) < 4.78 is 5.82. The fraction of sp³-hybridized carbons (Fsp3) is 0.667. The lowest BCUT2D eigenvalue weighted by molar-refractivity contribution is -0.883. The van der Waals surface area contributed by atoms with Gasteiger partial charge in [-0.25, -0.2) is 9.59 Å². The van der Waals surface area contributed by atoms with Crippen molar-refractivity contribution in [3.05, 3.63) is 29.8 Å². The van der Waals surface area contributed by atoms with Crippen molar-refractivity contribution in [2.45, 2.75) is 56.1 Å². The van der Waals surface area contributed by atoms with Crippen LogP contribution in [0.4, 0.5) is 0 Å². The van der Waals surface area contributed by atoms with Gasteiger partial charge >= 0.3 is 11.9 Å². The number of benzene rings is 1. The lowest BCUT2D eigenvalue weighted by Gasteiger charge is -2.57. The van der Waals surface area contributed by atoms with Crippen LogP contribution in [0.3, 0.4) is 0 Å². The van der Waals surface area contributed by atoms with E-state index >= 15 is 0 Å². The smallest absolute Gasteiger partial charge is 0.335 e. The second kappa shape index (κ2) is 11.4. The number of aliphatic carboxylic acids is 2. The van der Waals surface area contributed by atoms with Gasteiger partial charge in [-0.2, -0.15) is 0 Å². The molecule has 0 unspecified atom stereocenters. The Morgan fingerprint density at radius 2 is 1.38 bits per heavy atom. The molecule has 6 rings (SSSR count). The number of nitrogens with zero attached hydrogens (tertiary/aromatic N) is 1. The van der Waals surface area contributed by atoms with E-state index < -0.39 is 24.1 Å². The normalized spacial score (nSPS) is 30.1. The quantitative estimate of drug-likeness (QED) is 0.332. The van der Waals surface area contributed by atoms with E-state index in [0.717, 1.165) is 49.7 Å². The van der Waals surface area contributed by atoms with Crippen LogP contribution in [0.25, 0.3) is 0 Å². The summed E-state index contributed by atoms with van der Waals surface area (Å²) in [5, 5.41) is 32.5. The molecule has 10 heteroatoms. The molecule has 2 atom stereocenters. The summed E-state index contributed by atoms with van der Waals surface area (Å²) in [7, 11) is 2.18. The summed E-state index contributed by atoms with van der Waals surface area (Å²) >= 11 is 0. The van der Waals surface area contributed by atoms with Crippen molar-refractivity contribution in [2.75, 3.05) is 39.8 Å². The molecular weight excluding hydrogens is 480 g/mol. The van der Waals surface area contributed by atoms with Crippen LogP contribution >= 0.6 is 0 Å². The molecule has 0 spiro atoms. The molecule has 1 saturated heterocycles. The molecule has 5 aliphatic rings. The van der Waals surface area contributed by atoms with Gasteiger partial charge in [0, 0.05) is 0 Å². The summed E-state index contributed by atoms with van der Waals surface area (Å²) in [5.41, 5.74) is 1.95. The second-order valence-corrected chi connectivity index (χ2v) is 11.4. The standard InChI is InChI=1S/C23H32N2O2.C4H6O6/c1-24-6-8-25(9-7-24)22(26)16-27-21-4-2-20(3-5-21)23-13-17-10-18(14-23)12-19(11-17)15-23;5-1(3(7)8)2(6)4(9)10/h2-5,17-19H,6-16H2,1H3;1-2,5-6H,(H,7,8)(H,9,10)/p+1/t;1-,2-/m.1/s1. The number of aliphatic hydroxyl groups is 2.